The zero-order valence-corrected chi connectivity index (χ0v) is 66.7. The molecule has 22 aliphatic rings. The molecule has 0 saturated carbocycles. The predicted molar refractivity (Wildman–Crippen MR) is 371 cm³/mol. The molecular formula is C72H108F18N6O24. The van der Waals surface area contributed by atoms with Crippen LogP contribution in [0.3, 0.4) is 0 Å². The molecule has 6 N–H and O–H groups in total. The number of rotatable bonds is 6. The van der Waals surface area contributed by atoms with Crippen LogP contribution in [0.4, 0.5) is 79.0 Å². The van der Waals surface area contributed by atoms with Gasteiger partial charge in [-0.3, -0.25) is 28.8 Å². The number of amides is 6. The maximum atomic E-state index is 13.7. The molecule has 22 fully saturated rings. The van der Waals surface area contributed by atoms with Gasteiger partial charge >= 0.3 is 72.5 Å². The molecule has 30 nitrogen and oxygen atoms in total. The van der Waals surface area contributed by atoms with Gasteiger partial charge < -0.3 is 117 Å². The number of alkyl halides is 18. The molecule has 0 unspecified atom stereocenters. The summed E-state index contributed by atoms with van der Waals surface area (Å²) in [6.07, 6.45) is -51.8. The monoisotopic (exact) mass is 1790 g/mol. The van der Waals surface area contributed by atoms with Crippen LogP contribution in [0.1, 0.15) is 157 Å². The highest BCUT2D eigenvalue weighted by Crippen LogP contribution is 2.35. The Labute approximate surface area is 679 Å². The zero-order chi connectivity index (χ0) is 88.5. The third-order valence-corrected chi connectivity index (χ3v) is 20.4. The molecule has 0 spiro atoms. The van der Waals surface area contributed by atoms with E-state index in [1.54, 1.807) is 0 Å². The summed E-state index contributed by atoms with van der Waals surface area (Å²) in [7, 11) is 0. The van der Waals surface area contributed by atoms with E-state index in [1.165, 1.54) is 41.5 Å². The van der Waals surface area contributed by atoms with Crippen LogP contribution in [0, 0.1) is 0 Å². The number of ether oxygens (including phenoxy) is 18. The quantitative estimate of drug-likeness (QED) is 0.108. The van der Waals surface area contributed by atoms with Crippen LogP contribution in [0.5, 0.6) is 0 Å². The van der Waals surface area contributed by atoms with Crippen molar-refractivity contribution < 1.29 is 193 Å². The number of carbonyl (C=O) groups excluding carboxylic acids is 6. The maximum Gasteiger partial charge on any atom is 0.471 e. The summed E-state index contributed by atoms with van der Waals surface area (Å²) in [4.78, 5) is 73.7. The van der Waals surface area contributed by atoms with Gasteiger partial charge in [-0.2, -0.15) is 79.0 Å². The summed E-state index contributed by atoms with van der Waals surface area (Å²) in [6.45, 7) is 7.32. The first-order valence-electron chi connectivity index (χ1n) is 39.8. The number of carbonyl (C=O) groups is 6. The fourth-order valence-corrected chi connectivity index (χ4v) is 14.4. The lowest BCUT2D eigenvalue weighted by Crippen LogP contribution is -2.58. The van der Waals surface area contributed by atoms with Crippen LogP contribution in [-0.4, -0.2) is 299 Å². The zero-order valence-electron chi connectivity index (χ0n) is 66.7. The third-order valence-electron chi connectivity index (χ3n) is 20.4. The molecule has 696 valence electrons. The third kappa shape index (κ3) is 33.6. The molecule has 48 heteroatoms. The molecular weight excluding hydrogens is 1680 g/mol. The normalized spacial score (nSPS) is 35.6. The minimum absolute atomic E-state index is 0.0681. The van der Waals surface area contributed by atoms with Crippen molar-refractivity contribution >= 4 is 35.4 Å². The van der Waals surface area contributed by atoms with Gasteiger partial charge in [-0.05, 0) is 119 Å². The van der Waals surface area contributed by atoms with E-state index in [2.05, 4.69) is 0 Å². The van der Waals surface area contributed by atoms with Gasteiger partial charge in [0.2, 0.25) is 0 Å². The van der Waals surface area contributed by atoms with Crippen LogP contribution in [-0.2, 0) is 114 Å². The second-order valence-electron chi connectivity index (χ2n) is 30.0. The van der Waals surface area contributed by atoms with Crippen molar-refractivity contribution in [2.24, 2.45) is 0 Å². The lowest BCUT2D eigenvalue weighted by atomic mass is 10.0. The lowest BCUT2D eigenvalue weighted by Gasteiger charge is -2.41. The Kier molecular flexibility index (Phi) is 40.3. The van der Waals surface area contributed by atoms with Crippen LogP contribution in [0.2, 0.25) is 0 Å². The smallest absolute Gasteiger partial charge is 0.375 e. The highest BCUT2D eigenvalue weighted by atomic mass is 19.4. The van der Waals surface area contributed by atoms with Gasteiger partial charge in [0.1, 0.15) is 24.4 Å². The van der Waals surface area contributed by atoms with Crippen molar-refractivity contribution in [1.82, 2.24) is 31.9 Å². The van der Waals surface area contributed by atoms with E-state index in [4.69, 9.17) is 85.3 Å². The minimum Gasteiger partial charge on any atom is -0.375 e. The number of hydrogen-bond donors (Lipinski definition) is 6. The Balaban J connectivity index is 0.984. The van der Waals surface area contributed by atoms with E-state index in [0.29, 0.717) is 0 Å². The highest BCUT2D eigenvalue weighted by Gasteiger charge is 2.52. The van der Waals surface area contributed by atoms with E-state index in [9.17, 15) is 108 Å². The molecule has 6 amide bonds. The van der Waals surface area contributed by atoms with Crippen molar-refractivity contribution in [3.05, 3.63) is 0 Å². The SMILES string of the molecule is C[C@@H]1O[C@@H]2C[C@@H]([15NH]C(=O)C(F)(F)F)[C@H]1OCCCCO[C@H]1[C@H](C)O[C@H](C[C@H]1[15NH]C(=O)C(F)(F)F)OCCCCO[C@@H]1O[C@@H](C)[C@@H](C[C@@H]1[15NH]C(=O)C(F)(F)F)OCCCCO[C@H]1[C@H](C)O[C@H](C[C@H]1[15NH]C(=O)C(F)(F)F)OCCCCO[C@@H]1O[C@@H](C)[C@@H](C[C@@H]1[15NH]C(=O)C(F)(F)F)OCCCCO[C@H]1[C@@H]([15NH]C(=O)C(F)(F)F)C[C@@H](OCCCCO2)O[C@@H]1C. The number of hydrogen-bond acceptors (Lipinski definition) is 24. The van der Waals surface area contributed by atoms with Gasteiger partial charge in [0.05, 0.1) is 85.1 Å². The van der Waals surface area contributed by atoms with Crippen LogP contribution in [0.25, 0.3) is 0 Å². The maximum absolute atomic E-state index is 13.7. The molecule has 24 atom stereocenters. The molecule has 22 saturated heterocycles. The number of nitrogens with one attached hydrogen (secondary N) is 6. The predicted octanol–water partition coefficient (Wildman–Crippen LogP) is 8.18. The molecule has 0 aliphatic carbocycles. The first-order chi connectivity index (χ1) is 56.3. The van der Waals surface area contributed by atoms with Crippen molar-refractivity contribution in [2.45, 2.75) is 341 Å². The van der Waals surface area contributed by atoms with E-state index in [-0.39, 0.29) is 195 Å². The van der Waals surface area contributed by atoms with Crippen molar-refractivity contribution in [1.29, 1.82) is 0 Å². The summed E-state index contributed by atoms with van der Waals surface area (Å²) >= 11 is 0. The minimum atomic E-state index is -5.33. The summed E-state index contributed by atoms with van der Waals surface area (Å²) in [6, 6.07) is -8.18. The van der Waals surface area contributed by atoms with Gasteiger partial charge in [0, 0.05) is 118 Å². The topological polar surface area (TPSA) is 341 Å². The fourth-order valence-electron chi connectivity index (χ4n) is 14.4. The van der Waals surface area contributed by atoms with Gasteiger partial charge in [-0.1, -0.05) is 0 Å². The van der Waals surface area contributed by atoms with Crippen LogP contribution < -0.4 is 31.9 Å². The Bertz CT molecular complexity index is 3120. The van der Waals surface area contributed by atoms with E-state index in [1.807, 2.05) is 31.9 Å². The van der Waals surface area contributed by atoms with E-state index < -0.39 is 220 Å². The van der Waals surface area contributed by atoms with Crippen molar-refractivity contribution in [3.8, 4) is 0 Å². The largest absolute Gasteiger partial charge is 0.471 e. The van der Waals surface area contributed by atoms with Gasteiger partial charge in [-0.15, -0.1) is 0 Å². The Morgan fingerprint density at radius 2 is 0.392 bits per heavy atom. The standard InChI is InChI=1S/C72H108F18N6O24/c1-37-49-31-47(95-65(101)71(85,86)87)59(119-37)113-29-17-11-23-107-53-35-44(92-62(98)68(76,77)78)56(40(4)117-53)110-26-14-8-20-104-50-32-48(96-66(102)72(88,89)90)60(120-38(50)2)114-30-18-12-24-108-54-36-46(94-64(100)70(82,83)84)58(42(6)118-54)112-28-16-15-27-111-57-41(5)116-52(34-45(57)93-63(99)69(79,80)81)106-22-10-9-21-105-51-33-43(91-61(97)67(73,74)75)55(39(3)115-51)109-25-13-7-19-103-49/h37-60H,7-36H2,1-6H3,(H,91,97)(H,92,98)(H,93,99)(H,94,100)(H,95,101)(H,96,102)/t37-,38-,39+,40-,41-,42-,43-,44+,45+,46+,47-,48-,49+,50+,51-,52+,53+,54+,55+,56-,57-,58-,59+,60+/m0/s1/i91+1,92+1,93+1,94+1,95+1,96+1. The molecule has 120 heavy (non-hydrogen) atoms. The lowest BCUT2D eigenvalue weighted by molar-refractivity contribution is -0.244. The van der Waals surface area contributed by atoms with Crippen molar-refractivity contribution in [3.63, 3.8) is 0 Å². The summed E-state index contributed by atoms with van der Waals surface area (Å²) < 4.78 is 352. The van der Waals surface area contributed by atoms with Crippen LogP contribution >= 0.6 is 0 Å². The molecule has 0 radical (unpaired) electrons. The Morgan fingerprint density at radius 3 is 0.592 bits per heavy atom. The van der Waals surface area contributed by atoms with Crippen LogP contribution in [0.15, 0.2) is 0 Å². The Morgan fingerprint density at radius 1 is 0.217 bits per heavy atom. The first-order valence-corrected chi connectivity index (χ1v) is 39.8. The average Bonchev–Trinajstić information content (AvgIpc) is 0.826. The Hall–Kier alpha value is -5.16. The number of halogens is 18. The first kappa shape index (κ1) is 102. The van der Waals surface area contributed by atoms with E-state index in [0.717, 1.165) is 0 Å². The summed E-state index contributed by atoms with van der Waals surface area (Å²) in [5, 5.41) is 11.4. The molecule has 12 bridgehead atoms. The average molecular weight is 1790 g/mol. The molecule has 0 aromatic rings. The van der Waals surface area contributed by atoms with Crippen molar-refractivity contribution in [2.75, 3.05) is 79.3 Å². The summed E-state index contributed by atoms with van der Waals surface area (Å²) in [5.41, 5.74) is 0. The summed E-state index contributed by atoms with van der Waals surface area (Å²) in [5.74, 6) is -13.8. The molecule has 22 rings (SSSR count). The molecule has 22 heterocycles. The second kappa shape index (κ2) is 47.4. The fraction of sp³-hybridized carbons (Fsp3) is 0.917. The van der Waals surface area contributed by atoms with E-state index >= 15 is 0 Å². The van der Waals surface area contributed by atoms with Gasteiger partial charge in [0.15, 0.2) is 37.7 Å². The second-order valence-corrected chi connectivity index (χ2v) is 30.0. The molecule has 0 aromatic heterocycles. The molecule has 22 aliphatic heterocycles. The van der Waals surface area contributed by atoms with Gasteiger partial charge in [0.25, 0.3) is 0 Å². The highest BCUT2D eigenvalue weighted by molar-refractivity contribution is 5.84. The van der Waals surface area contributed by atoms with Gasteiger partial charge in [-0.25, -0.2) is 0 Å². The molecule has 0 aromatic carbocycles.